The summed E-state index contributed by atoms with van der Waals surface area (Å²) in [5.74, 6) is 3.85. The number of aliphatic hydroxyl groups is 1. The number of aromatic nitrogens is 2. The van der Waals surface area contributed by atoms with Crippen LogP contribution in [0.4, 0.5) is 0 Å². The van der Waals surface area contributed by atoms with E-state index in [0.717, 1.165) is 35.7 Å². The predicted octanol–water partition coefficient (Wildman–Crippen LogP) is 4.20. The Hall–Kier alpha value is -3.11. The molecule has 0 aliphatic heterocycles. The lowest BCUT2D eigenvalue weighted by Crippen LogP contribution is -2.35. The Morgan fingerprint density at radius 3 is 2.47 bits per heavy atom. The molecular weight excluding hydrogens is 402 g/mol. The zero-order valence-corrected chi connectivity index (χ0v) is 18.8. The lowest BCUT2D eigenvalue weighted by molar-refractivity contribution is 0.0259. The average molecular weight is 434 g/mol. The van der Waals surface area contributed by atoms with Crippen LogP contribution in [0.2, 0.25) is 0 Å². The van der Waals surface area contributed by atoms with Gasteiger partial charge in [0.1, 0.15) is 12.4 Å². The molecule has 6 heteroatoms. The first-order valence-electron chi connectivity index (χ1n) is 10.9. The van der Waals surface area contributed by atoms with Gasteiger partial charge in [0.05, 0.1) is 29.7 Å². The zero-order valence-electron chi connectivity index (χ0n) is 18.8. The van der Waals surface area contributed by atoms with Crippen LogP contribution in [0.25, 0.3) is 5.69 Å². The molecule has 1 atom stereocenters. The van der Waals surface area contributed by atoms with Crippen LogP contribution in [-0.4, -0.2) is 52.2 Å². The van der Waals surface area contributed by atoms with Crippen molar-refractivity contribution in [1.29, 1.82) is 0 Å². The van der Waals surface area contributed by atoms with Crippen molar-refractivity contribution < 1.29 is 14.6 Å². The third-order valence-corrected chi connectivity index (χ3v) is 4.98. The molecule has 0 spiro atoms. The molecule has 1 aromatic heterocycles. The van der Waals surface area contributed by atoms with E-state index in [1.54, 1.807) is 0 Å². The molecule has 168 valence electrons. The number of nitrogens with zero attached hydrogens (tertiary/aromatic N) is 3. The molecule has 6 nitrogen and oxygen atoms in total. The standard InChI is InChI=1S/C26H31N3O3/c1-4-16-28(18-23(30)20-31-17-5-2)19-25-21(3)27-29(22-12-8-6-9-13-22)26(25)32-24-14-10-7-11-15-24/h2,6-15,23,30H,4,16-20H2,1,3H3. The maximum absolute atomic E-state index is 10.4. The van der Waals surface area contributed by atoms with Crippen molar-refractivity contribution in [2.75, 3.05) is 26.3 Å². The normalized spacial score (nSPS) is 12.0. The molecular formula is C26H31N3O3. The van der Waals surface area contributed by atoms with Crippen molar-refractivity contribution in [3.05, 3.63) is 71.9 Å². The minimum absolute atomic E-state index is 0.197. The zero-order chi connectivity index (χ0) is 22.8. The topological polar surface area (TPSA) is 59.8 Å². The van der Waals surface area contributed by atoms with E-state index >= 15 is 0 Å². The second-order valence-corrected chi connectivity index (χ2v) is 7.64. The third-order valence-electron chi connectivity index (χ3n) is 4.98. The molecule has 1 heterocycles. The van der Waals surface area contributed by atoms with Gasteiger partial charge in [-0.05, 0) is 44.2 Å². The number of aliphatic hydroxyl groups excluding tert-OH is 1. The molecule has 0 amide bonds. The Balaban J connectivity index is 1.89. The van der Waals surface area contributed by atoms with Gasteiger partial charge in [-0.1, -0.05) is 49.2 Å². The Kier molecular flexibility index (Phi) is 8.88. The van der Waals surface area contributed by atoms with Gasteiger partial charge < -0.3 is 14.6 Å². The first-order valence-corrected chi connectivity index (χ1v) is 10.9. The molecule has 0 radical (unpaired) electrons. The van der Waals surface area contributed by atoms with Gasteiger partial charge in [-0.3, -0.25) is 4.90 Å². The van der Waals surface area contributed by atoms with Crippen molar-refractivity contribution in [3.63, 3.8) is 0 Å². The second-order valence-electron chi connectivity index (χ2n) is 7.64. The average Bonchev–Trinajstić information content (AvgIpc) is 3.10. The van der Waals surface area contributed by atoms with Gasteiger partial charge in [0.2, 0.25) is 5.88 Å². The van der Waals surface area contributed by atoms with E-state index in [-0.39, 0.29) is 13.2 Å². The number of hydrogen-bond donors (Lipinski definition) is 1. The number of hydrogen-bond acceptors (Lipinski definition) is 5. The summed E-state index contributed by atoms with van der Waals surface area (Å²) in [6, 6.07) is 19.7. The Morgan fingerprint density at radius 2 is 1.81 bits per heavy atom. The van der Waals surface area contributed by atoms with Crippen molar-refractivity contribution >= 4 is 0 Å². The van der Waals surface area contributed by atoms with Gasteiger partial charge in [0, 0.05) is 13.1 Å². The van der Waals surface area contributed by atoms with E-state index in [4.69, 9.17) is 21.0 Å². The summed E-state index contributed by atoms with van der Waals surface area (Å²) in [6.07, 6.45) is 5.55. The summed E-state index contributed by atoms with van der Waals surface area (Å²) in [7, 11) is 0. The van der Waals surface area contributed by atoms with Gasteiger partial charge in [-0.25, -0.2) is 4.68 Å². The first-order chi connectivity index (χ1) is 15.6. The van der Waals surface area contributed by atoms with Crippen molar-refractivity contribution in [2.45, 2.75) is 32.9 Å². The molecule has 32 heavy (non-hydrogen) atoms. The number of para-hydroxylation sites is 2. The molecule has 3 rings (SSSR count). The van der Waals surface area contributed by atoms with E-state index in [1.165, 1.54) is 0 Å². The lowest BCUT2D eigenvalue weighted by Gasteiger charge is -2.25. The van der Waals surface area contributed by atoms with Gasteiger partial charge >= 0.3 is 0 Å². The highest BCUT2D eigenvalue weighted by Gasteiger charge is 2.22. The number of ether oxygens (including phenoxy) is 2. The summed E-state index contributed by atoms with van der Waals surface area (Å²) in [5.41, 5.74) is 2.81. The van der Waals surface area contributed by atoms with Crippen LogP contribution < -0.4 is 4.74 Å². The Labute approximate surface area is 190 Å². The Bertz CT molecular complexity index is 996. The van der Waals surface area contributed by atoms with Crippen LogP contribution in [-0.2, 0) is 11.3 Å². The number of aryl methyl sites for hydroxylation is 1. The maximum atomic E-state index is 10.4. The van der Waals surface area contributed by atoms with Gasteiger partial charge in [-0.15, -0.1) is 6.42 Å². The summed E-state index contributed by atoms with van der Waals surface area (Å²) < 4.78 is 13.5. The Morgan fingerprint density at radius 1 is 1.12 bits per heavy atom. The van der Waals surface area contributed by atoms with Crippen LogP contribution >= 0.6 is 0 Å². The monoisotopic (exact) mass is 433 g/mol. The van der Waals surface area contributed by atoms with E-state index in [1.807, 2.05) is 72.3 Å². The minimum Gasteiger partial charge on any atom is -0.439 e. The molecule has 0 saturated carbocycles. The quantitative estimate of drug-likeness (QED) is 0.343. The highest BCUT2D eigenvalue weighted by Crippen LogP contribution is 2.31. The van der Waals surface area contributed by atoms with E-state index in [2.05, 4.69) is 17.7 Å². The van der Waals surface area contributed by atoms with Crippen LogP contribution in [0.3, 0.4) is 0 Å². The molecule has 3 aromatic rings. The number of rotatable bonds is 12. The fourth-order valence-electron chi connectivity index (χ4n) is 3.55. The molecule has 1 unspecified atom stereocenters. The van der Waals surface area contributed by atoms with Crippen molar-refractivity contribution in [3.8, 4) is 29.7 Å². The van der Waals surface area contributed by atoms with E-state index in [9.17, 15) is 5.11 Å². The first kappa shape index (κ1) is 23.6. The van der Waals surface area contributed by atoms with Crippen molar-refractivity contribution in [1.82, 2.24) is 14.7 Å². The molecule has 0 saturated heterocycles. The molecule has 0 bridgehead atoms. The minimum atomic E-state index is -0.627. The van der Waals surface area contributed by atoms with Gasteiger partial charge in [0.25, 0.3) is 0 Å². The van der Waals surface area contributed by atoms with Crippen LogP contribution in [0.15, 0.2) is 60.7 Å². The molecule has 0 aliphatic rings. The van der Waals surface area contributed by atoms with Gasteiger partial charge in [-0.2, -0.15) is 5.10 Å². The molecule has 0 aliphatic carbocycles. The summed E-state index contributed by atoms with van der Waals surface area (Å²) in [5, 5.41) is 15.2. The van der Waals surface area contributed by atoms with Crippen LogP contribution in [0, 0.1) is 19.3 Å². The summed E-state index contributed by atoms with van der Waals surface area (Å²) in [6.45, 7) is 6.41. The van der Waals surface area contributed by atoms with Crippen LogP contribution in [0.1, 0.15) is 24.6 Å². The van der Waals surface area contributed by atoms with E-state index in [0.29, 0.717) is 19.0 Å². The lowest BCUT2D eigenvalue weighted by atomic mass is 10.2. The van der Waals surface area contributed by atoms with Crippen LogP contribution in [0.5, 0.6) is 11.6 Å². The summed E-state index contributed by atoms with van der Waals surface area (Å²) >= 11 is 0. The number of terminal acetylenes is 1. The maximum Gasteiger partial charge on any atom is 0.227 e. The largest absolute Gasteiger partial charge is 0.439 e. The second kappa shape index (κ2) is 12.1. The third kappa shape index (κ3) is 6.44. The molecule has 2 aromatic carbocycles. The predicted molar refractivity (Wildman–Crippen MR) is 126 cm³/mol. The number of benzene rings is 2. The smallest absolute Gasteiger partial charge is 0.227 e. The molecule has 0 fully saturated rings. The fraction of sp³-hybridized carbons (Fsp3) is 0.346. The molecule has 1 N–H and O–H groups in total. The highest BCUT2D eigenvalue weighted by molar-refractivity contribution is 5.43. The van der Waals surface area contributed by atoms with E-state index < -0.39 is 6.10 Å². The highest BCUT2D eigenvalue weighted by atomic mass is 16.5. The summed E-state index contributed by atoms with van der Waals surface area (Å²) in [4.78, 5) is 2.20. The fourth-order valence-corrected chi connectivity index (χ4v) is 3.55. The SMILES string of the molecule is C#CCOCC(O)CN(CCC)Cc1c(C)nn(-c2ccccc2)c1Oc1ccccc1. The van der Waals surface area contributed by atoms with Crippen molar-refractivity contribution in [2.24, 2.45) is 0 Å². The van der Waals surface area contributed by atoms with Gasteiger partial charge in [0.15, 0.2) is 0 Å².